The van der Waals surface area contributed by atoms with Crippen LogP contribution in [0.3, 0.4) is 0 Å². The summed E-state index contributed by atoms with van der Waals surface area (Å²) in [6.07, 6.45) is 14.1. The second-order valence-electron chi connectivity index (χ2n) is 6.43. The van der Waals surface area contributed by atoms with Crippen molar-refractivity contribution in [2.75, 3.05) is 0 Å². The normalized spacial score (nSPS) is 17.5. The van der Waals surface area contributed by atoms with E-state index in [1.165, 1.54) is 44.1 Å². The van der Waals surface area contributed by atoms with Gasteiger partial charge in [-0.1, -0.05) is 37.8 Å². The molecule has 1 aliphatic rings. The highest BCUT2D eigenvalue weighted by Crippen LogP contribution is 2.17. The van der Waals surface area contributed by atoms with E-state index in [9.17, 15) is 0 Å². The molecule has 0 aliphatic heterocycles. The molecule has 1 fully saturated rings. The number of nitrogens with one attached hydrogen (secondary N) is 2. The molecule has 1 atom stereocenters. The average Bonchev–Trinajstić information content (AvgIpc) is 2.44. The van der Waals surface area contributed by atoms with E-state index in [0.717, 1.165) is 12.8 Å². The summed E-state index contributed by atoms with van der Waals surface area (Å²) in [5.41, 5.74) is 4.34. The third-order valence-corrected chi connectivity index (χ3v) is 4.13. The van der Waals surface area contributed by atoms with Crippen LogP contribution in [0, 0.1) is 5.92 Å². The molecule has 2 N–H and O–H groups in total. The molecule has 0 aromatic carbocycles. The van der Waals surface area contributed by atoms with Crippen molar-refractivity contribution >= 4 is 23.5 Å². The molecule has 1 unspecified atom stereocenters. The maximum absolute atomic E-state index is 5.27. The molecule has 3 nitrogen and oxygen atoms in total. The molecule has 0 spiro atoms. The first-order chi connectivity index (χ1) is 10.1. The number of hydrazone groups is 1. The van der Waals surface area contributed by atoms with Gasteiger partial charge in [-0.25, -0.2) is 0 Å². The predicted molar refractivity (Wildman–Crippen MR) is 96.7 cm³/mol. The van der Waals surface area contributed by atoms with Crippen molar-refractivity contribution in [1.82, 2.24) is 10.7 Å². The van der Waals surface area contributed by atoms with Crippen LogP contribution >= 0.6 is 12.2 Å². The molecule has 0 heterocycles. The fourth-order valence-electron chi connectivity index (χ4n) is 2.58. The highest BCUT2D eigenvalue weighted by Gasteiger charge is 2.13. The Balaban J connectivity index is 2.09. The Kier molecular flexibility index (Phi) is 9.31. The van der Waals surface area contributed by atoms with Gasteiger partial charge in [0.1, 0.15) is 0 Å². The van der Waals surface area contributed by atoms with Gasteiger partial charge in [-0.05, 0) is 64.1 Å². The second kappa shape index (κ2) is 10.8. The lowest BCUT2D eigenvalue weighted by Crippen LogP contribution is -2.40. The summed E-state index contributed by atoms with van der Waals surface area (Å²) in [5.74, 6) is 0.658. The minimum atomic E-state index is 0.539. The number of hydrogen-bond acceptors (Lipinski definition) is 2. The van der Waals surface area contributed by atoms with Crippen LogP contribution in [0.4, 0.5) is 0 Å². The third-order valence-electron chi connectivity index (χ3n) is 3.92. The first-order valence-electron chi connectivity index (χ1n) is 8.29. The highest BCUT2D eigenvalue weighted by molar-refractivity contribution is 7.80. The molecule has 0 aromatic rings. The molecule has 0 aromatic heterocycles. The zero-order chi connectivity index (χ0) is 15.5. The van der Waals surface area contributed by atoms with Crippen LogP contribution in [0.5, 0.6) is 0 Å². The number of rotatable bonds is 7. The second-order valence-corrected chi connectivity index (χ2v) is 6.84. The van der Waals surface area contributed by atoms with Gasteiger partial charge in [-0.3, -0.25) is 5.43 Å². The van der Waals surface area contributed by atoms with Crippen molar-refractivity contribution in [3.63, 3.8) is 0 Å². The van der Waals surface area contributed by atoms with Crippen LogP contribution < -0.4 is 10.7 Å². The number of thiocarbonyl (C=S) groups is 1. The Morgan fingerprint density at radius 1 is 1.29 bits per heavy atom. The van der Waals surface area contributed by atoms with Crippen LogP contribution in [0.1, 0.15) is 72.1 Å². The van der Waals surface area contributed by atoms with Gasteiger partial charge in [0.05, 0.1) is 0 Å². The van der Waals surface area contributed by atoms with Crippen molar-refractivity contribution < 1.29 is 0 Å². The summed E-state index contributed by atoms with van der Waals surface area (Å²) in [6, 6.07) is 0.539. The summed E-state index contributed by atoms with van der Waals surface area (Å²) in [5, 5.41) is 8.24. The highest BCUT2D eigenvalue weighted by atomic mass is 32.1. The van der Waals surface area contributed by atoms with Crippen molar-refractivity contribution in [1.29, 1.82) is 0 Å². The molecule has 21 heavy (non-hydrogen) atoms. The van der Waals surface area contributed by atoms with E-state index < -0.39 is 0 Å². The Morgan fingerprint density at radius 2 is 2.00 bits per heavy atom. The van der Waals surface area contributed by atoms with Crippen LogP contribution in [-0.2, 0) is 0 Å². The molecule has 0 saturated heterocycles. The van der Waals surface area contributed by atoms with Gasteiger partial charge in [0, 0.05) is 12.3 Å². The van der Waals surface area contributed by atoms with Crippen molar-refractivity contribution in [3.8, 4) is 0 Å². The lowest BCUT2D eigenvalue weighted by Gasteiger charge is -2.23. The first-order valence-corrected chi connectivity index (χ1v) is 8.70. The average molecular weight is 310 g/mol. The Hall–Kier alpha value is -0.900. The summed E-state index contributed by atoms with van der Waals surface area (Å²) in [6.45, 7) is 6.57. The predicted octanol–water partition coefficient (Wildman–Crippen LogP) is 4.54. The van der Waals surface area contributed by atoms with Crippen molar-refractivity contribution in [2.24, 2.45) is 11.0 Å². The molecule has 4 heteroatoms. The van der Waals surface area contributed by atoms with E-state index >= 15 is 0 Å². The van der Waals surface area contributed by atoms with E-state index in [4.69, 9.17) is 12.2 Å². The fraction of sp³-hybridized carbons (Fsp3) is 0.765. The lowest BCUT2D eigenvalue weighted by atomic mass is 9.96. The molecule has 1 rings (SSSR count). The molecular formula is C17H31N3S. The Bertz CT molecular complexity index is 353. The minimum absolute atomic E-state index is 0.539. The van der Waals surface area contributed by atoms with Gasteiger partial charge >= 0.3 is 0 Å². The molecule has 0 bridgehead atoms. The number of hydrogen-bond donors (Lipinski definition) is 2. The van der Waals surface area contributed by atoms with E-state index in [2.05, 4.69) is 42.7 Å². The molecule has 120 valence electrons. The summed E-state index contributed by atoms with van der Waals surface area (Å²) in [4.78, 5) is 0. The smallest absolute Gasteiger partial charge is 0.187 e. The molecule has 0 amide bonds. The first kappa shape index (κ1) is 18.1. The standard InChI is InChI=1S/C17H31N3S/c1-14(2)8-7-9-15(3)12-13-18-20-17(21)19-16-10-5-4-6-11-16/h8,13,15-16H,4-7,9-12H2,1-3H3,(H2,19,20,21)/b18-13+. The van der Waals surface area contributed by atoms with Crippen LogP contribution in [0.15, 0.2) is 16.8 Å². The van der Waals surface area contributed by atoms with Gasteiger partial charge in [0.2, 0.25) is 0 Å². The summed E-state index contributed by atoms with van der Waals surface area (Å²) < 4.78 is 0. The van der Waals surface area contributed by atoms with Gasteiger partial charge in [-0.15, -0.1) is 0 Å². The fourth-order valence-corrected chi connectivity index (χ4v) is 2.80. The summed E-state index contributed by atoms with van der Waals surface area (Å²) >= 11 is 5.27. The van der Waals surface area contributed by atoms with Gasteiger partial charge < -0.3 is 5.32 Å². The summed E-state index contributed by atoms with van der Waals surface area (Å²) in [7, 11) is 0. The maximum Gasteiger partial charge on any atom is 0.187 e. The maximum atomic E-state index is 5.27. The number of nitrogens with zero attached hydrogens (tertiary/aromatic N) is 1. The third kappa shape index (κ3) is 9.62. The molecule has 1 aliphatic carbocycles. The molecule has 1 saturated carbocycles. The SMILES string of the molecule is CC(C)=CCCC(C)C/C=N/NC(=S)NC1CCCCC1. The monoisotopic (exact) mass is 309 g/mol. The molecule has 0 radical (unpaired) electrons. The van der Waals surface area contributed by atoms with Gasteiger partial charge in [-0.2, -0.15) is 5.10 Å². The van der Waals surface area contributed by atoms with Crippen molar-refractivity contribution in [2.45, 2.75) is 78.2 Å². The zero-order valence-electron chi connectivity index (χ0n) is 13.8. The van der Waals surface area contributed by atoms with Crippen LogP contribution in [0.2, 0.25) is 0 Å². The van der Waals surface area contributed by atoms with E-state index in [1.807, 2.05) is 6.21 Å². The zero-order valence-corrected chi connectivity index (χ0v) is 14.6. The Morgan fingerprint density at radius 3 is 2.67 bits per heavy atom. The quantitative estimate of drug-likeness (QED) is 0.314. The minimum Gasteiger partial charge on any atom is -0.359 e. The largest absolute Gasteiger partial charge is 0.359 e. The topological polar surface area (TPSA) is 36.4 Å². The Labute approximate surface area is 135 Å². The lowest BCUT2D eigenvalue weighted by molar-refractivity contribution is 0.412. The van der Waals surface area contributed by atoms with Crippen molar-refractivity contribution in [3.05, 3.63) is 11.6 Å². The van der Waals surface area contributed by atoms with E-state index in [0.29, 0.717) is 17.1 Å². The van der Waals surface area contributed by atoms with E-state index in [1.54, 1.807) is 0 Å². The van der Waals surface area contributed by atoms with Crippen LogP contribution in [-0.4, -0.2) is 17.4 Å². The van der Waals surface area contributed by atoms with Gasteiger partial charge in [0.25, 0.3) is 0 Å². The van der Waals surface area contributed by atoms with Crippen LogP contribution in [0.25, 0.3) is 0 Å². The van der Waals surface area contributed by atoms with Gasteiger partial charge in [0.15, 0.2) is 5.11 Å². The number of allylic oxidation sites excluding steroid dienone is 2. The molecular weight excluding hydrogens is 278 g/mol. The van der Waals surface area contributed by atoms with E-state index in [-0.39, 0.29) is 0 Å².